The zero-order valence-corrected chi connectivity index (χ0v) is 6.75. The van der Waals surface area contributed by atoms with Crippen molar-refractivity contribution < 1.29 is 10.2 Å². The Morgan fingerprint density at radius 2 is 2.10 bits per heavy atom. The van der Waals surface area contributed by atoms with E-state index in [0.29, 0.717) is 13.1 Å². The van der Waals surface area contributed by atoms with Gasteiger partial charge in [0.2, 0.25) is 0 Å². The van der Waals surface area contributed by atoms with Crippen LogP contribution in [0.2, 0.25) is 0 Å². The van der Waals surface area contributed by atoms with Crippen molar-refractivity contribution in [1.29, 1.82) is 0 Å². The monoisotopic (exact) mass is 147 g/mol. The van der Waals surface area contributed by atoms with Crippen LogP contribution in [0.4, 0.5) is 0 Å². The Kier molecular flexibility index (Phi) is 5.58. The van der Waals surface area contributed by atoms with Gasteiger partial charge in [0.05, 0.1) is 12.7 Å². The van der Waals surface area contributed by atoms with Crippen LogP contribution in [-0.2, 0) is 0 Å². The highest BCUT2D eigenvalue weighted by Gasteiger charge is 2.03. The quantitative estimate of drug-likeness (QED) is 0.560. The van der Waals surface area contributed by atoms with Crippen molar-refractivity contribution in [3.8, 4) is 0 Å². The fraction of sp³-hybridized carbons (Fsp3) is 1.00. The molecule has 0 saturated heterocycles. The second kappa shape index (κ2) is 5.65. The smallest absolute Gasteiger partial charge is 0.0639 e. The molecule has 0 radical (unpaired) electrons. The average Bonchev–Trinajstić information content (AvgIpc) is 1.86. The first kappa shape index (κ1) is 9.88. The molecule has 0 aliphatic heterocycles. The Balaban J connectivity index is 3.39. The standard InChI is InChI=1S/C7H17NO2/c1-3-8(4-5-9)6-7(2)10/h7,9-10H,3-6H2,1-2H3/t7-/m0/s1. The SMILES string of the molecule is CCN(CCO)C[C@H](C)O. The summed E-state index contributed by atoms with van der Waals surface area (Å²) in [5.74, 6) is 0. The zero-order valence-electron chi connectivity index (χ0n) is 6.75. The molecule has 0 aliphatic rings. The summed E-state index contributed by atoms with van der Waals surface area (Å²) in [6.45, 7) is 6.11. The summed E-state index contributed by atoms with van der Waals surface area (Å²) >= 11 is 0. The molecule has 0 aromatic rings. The fourth-order valence-corrected chi connectivity index (χ4v) is 0.894. The van der Waals surface area contributed by atoms with Gasteiger partial charge in [0.15, 0.2) is 0 Å². The molecular weight excluding hydrogens is 130 g/mol. The van der Waals surface area contributed by atoms with Gasteiger partial charge in [-0.3, -0.25) is 4.90 Å². The summed E-state index contributed by atoms with van der Waals surface area (Å²) in [6, 6.07) is 0. The maximum atomic E-state index is 8.96. The molecule has 0 fully saturated rings. The lowest BCUT2D eigenvalue weighted by atomic mass is 10.3. The van der Waals surface area contributed by atoms with E-state index in [1.54, 1.807) is 6.92 Å². The minimum atomic E-state index is -0.300. The van der Waals surface area contributed by atoms with Gasteiger partial charge in [0, 0.05) is 13.1 Å². The highest BCUT2D eigenvalue weighted by molar-refractivity contribution is 4.57. The number of hydrogen-bond acceptors (Lipinski definition) is 3. The Hall–Kier alpha value is -0.120. The molecule has 62 valence electrons. The molecule has 0 bridgehead atoms. The Labute approximate surface area is 62.3 Å². The lowest BCUT2D eigenvalue weighted by Crippen LogP contribution is -2.33. The summed E-state index contributed by atoms with van der Waals surface area (Å²) in [7, 11) is 0. The molecule has 0 spiro atoms. The van der Waals surface area contributed by atoms with Crippen molar-refractivity contribution in [2.24, 2.45) is 0 Å². The predicted molar refractivity (Wildman–Crippen MR) is 40.9 cm³/mol. The van der Waals surface area contributed by atoms with E-state index in [4.69, 9.17) is 10.2 Å². The molecule has 2 N–H and O–H groups in total. The molecule has 3 heteroatoms. The Morgan fingerprint density at radius 3 is 2.40 bits per heavy atom. The van der Waals surface area contributed by atoms with Crippen molar-refractivity contribution in [3.63, 3.8) is 0 Å². The van der Waals surface area contributed by atoms with Gasteiger partial charge in [0.25, 0.3) is 0 Å². The molecule has 0 aliphatic carbocycles. The van der Waals surface area contributed by atoms with Crippen LogP contribution in [0.5, 0.6) is 0 Å². The van der Waals surface area contributed by atoms with Crippen molar-refractivity contribution in [2.45, 2.75) is 20.0 Å². The molecule has 10 heavy (non-hydrogen) atoms. The number of likely N-dealkylation sites (N-methyl/N-ethyl adjacent to an activating group) is 1. The first-order chi connectivity index (χ1) is 4.70. The van der Waals surface area contributed by atoms with Crippen molar-refractivity contribution >= 4 is 0 Å². The third-order valence-electron chi connectivity index (χ3n) is 1.39. The van der Waals surface area contributed by atoms with Gasteiger partial charge in [-0.05, 0) is 13.5 Å². The van der Waals surface area contributed by atoms with Gasteiger partial charge in [-0.2, -0.15) is 0 Å². The number of nitrogens with zero attached hydrogens (tertiary/aromatic N) is 1. The zero-order chi connectivity index (χ0) is 7.98. The summed E-state index contributed by atoms with van der Waals surface area (Å²) in [6.07, 6.45) is -0.300. The first-order valence-corrected chi connectivity index (χ1v) is 3.72. The maximum absolute atomic E-state index is 8.96. The molecular formula is C7H17NO2. The molecule has 0 heterocycles. The van der Waals surface area contributed by atoms with E-state index in [-0.39, 0.29) is 12.7 Å². The molecule has 0 amide bonds. The van der Waals surface area contributed by atoms with E-state index in [1.165, 1.54) is 0 Å². The highest BCUT2D eigenvalue weighted by atomic mass is 16.3. The molecule has 0 rings (SSSR count). The van der Waals surface area contributed by atoms with Gasteiger partial charge in [0.1, 0.15) is 0 Å². The third-order valence-corrected chi connectivity index (χ3v) is 1.39. The van der Waals surface area contributed by atoms with E-state index in [9.17, 15) is 0 Å². The van der Waals surface area contributed by atoms with E-state index in [2.05, 4.69) is 0 Å². The van der Waals surface area contributed by atoms with Crippen LogP contribution in [0.1, 0.15) is 13.8 Å². The number of rotatable bonds is 5. The van der Waals surface area contributed by atoms with Gasteiger partial charge in [-0.15, -0.1) is 0 Å². The van der Waals surface area contributed by atoms with Gasteiger partial charge in [-0.1, -0.05) is 6.92 Å². The first-order valence-electron chi connectivity index (χ1n) is 3.72. The minimum absolute atomic E-state index is 0.167. The summed E-state index contributed by atoms with van der Waals surface area (Å²) in [5.41, 5.74) is 0. The molecule has 0 aromatic heterocycles. The van der Waals surface area contributed by atoms with E-state index < -0.39 is 0 Å². The van der Waals surface area contributed by atoms with Crippen molar-refractivity contribution in [3.05, 3.63) is 0 Å². The van der Waals surface area contributed by atoms with Crippen LogP contribution < -0.4 is 0 Å². The summed E-state index contributed by atoms with van der Waals surface area (Å²) < 4.78 is 0. The van der Waals surface area contributed by atoms with Crippen LogP contribution in [0.15, 0.2) is 0 Å². The van der Waals surface area contributed by atoms with E-state index in [0.717, 1.165) is 6.54 Å². The van der Waals surface area contributed by atoms with Crippen molar-refractivity contribution in [1.82, 2.24) is 4.90 Å². The van der Waals surface area contributed by atoms with Gasteiger partial charge < -0.3 is 10.2 Å². The largest absolute Gasteiger partial charge is 0.395 e. The number of aliphatic hydroxyl groups excluding tert-OH is 2. The van der Waals surface area contributed by atoms with E-state index >= 15 is 0 Å². The van der Waals surface area contributed by atoms with Crippen LogP contribution >= 0.6 is 0 Å². The van der Waals surface area contributed by atoms with E-state index in [1.807, 2.05) is 11.8 Å². The molecule has 3 nitrogen and oxygen atoms in total. The van der Waals surface area contributed by atoms with Gasteiger partial charge in [-0.25, -0.2) is 0 Å². The number of aliphatic hydroxyl groups is 2. The van der Waals surface area contributed by atoms with Crippen molar-refractivity contribution in [2.75, 3.05) is 26.2 Å². The van der Waals surface area contributed by atoms with Crippen LogP contribution in [0.3, 0.4) is 0 Å². The topological polar surface area (TPSA) is 43.7 Å². The van der Waals surface area contributed by atoms with Crippen LogP contribution in [-0.4, -0.2) is 47.5 Å². The molecule has 0 aromatic carbocycles. The third kappa shape index (κ3) is 4.73. The lowest BCUT2D eigenvalue weighted by molar-refractivity contribution is 0.115. The molecule has 0 saturated carbocycles. The lowest BCUT2D eigenvalue weighted by Gasteiger charge is -2.20. The summed E-state index contributed by atoms with van der Waals surface area (Å²) in [5, 5.41) is 17.5. The summed E-state index contributed by atoms with van der Waals surface area (Å²) in [4.78, 5) is 2.00. The Morgan fingerprint density at radius 1 is 1.50 bits per heavy atom. The number of hydrogen-bond donors (Lipinski definition) is 2. The normalized spacial score (nSPS) is 14.1. The van der Waals surface area contributed by atoms with Crippen LogP contribution in [0, 0.1) is 0 Å². The highest BCUT2D eigenvalue weighted by Crippen LogP contribution is 1.89. The second-order valence-electron chi connectivity index (χ2n) is 2.47. The van der Waals surface area contributed by atoms with Crippen LogP contribution in [0.25, 0.3) is 0 Å². The predicted octanol–water partition coefficient (Wildman–Crippen LogP) is -0.319. The maximum Gasteiger partial charge on any atom is 0.0639 e. The average molecular weight is 147 g/mol. The minimum Gasteiger partial charge on any atom is -0.395 e. The second-order valence-corrected chi connectivity index (χ2v) is 2.47. The fourth-order valence-electron chi connectivity index (χ4n) is 0.894. The molecule has 1 atom stereocenters. The molecule has 0 unspecified atom stereocenters. The Bertz CT molecular complexity index is 76.0. The van der Waals surface area contributed by atoms with Gasteiger partial charge >= 0.3 is 0 Å².